The van der Waals surface area contributed by atoms with Crippen LogP contribution in [0.5, 0.6) is 0 Å². The summed E-state index contributed by atoms with van der Waals surface area (Å²) < 4.78 is 26.5. The van der Waals surface area contributed by atoms with Gasteiger partial charge in [-0.25, -0.2) is 8.42 Å². The Morgan fingerprint density at radius 2 is 2.00 bits per heavy atom. The molecule has 2 aromatic rings. The predicted molar refractivity (Wildman–Crippen MR) is 71.0 cm³/mol. The van der Waals surface area contributed by atoms with E-state index in [1.54, 1.807) is 29.6 Å². The summed E-state index contributed by atoms with van der Waals surface area (Å²) >= 11 is 6.94. The quantitative estimate of drug-likeness (QED) is 0.912. The fraction of sp³-hybridized carbons (Fsp3) is 0. The lowest BCUT2D eigenvalue weighted by atomic mass is 10.3. The molecule has 0 aliphatic carbocycles. The molecule has 0 radical (unpaired) electrons. The number of halogens is 1. The van der Waals surface area contributed by atoms with Crippen molar-refractivity contribution in [1.82, 2.24) is 0 Å². The van der Waals surface area contributed by atoms with Crippen LogP contribution in [0.2, 0.25) is 5.02 Å². The highest BCUT2D eigenvalue weighted by Gasteiger charge is 2.17. The molecular formula is C10H9ClN2O2S2. The number of thiophene rings is 1. The normalized spacial score (nSPS) is 11.4. The zero-order chi connectivity index (χ0) is 12.5. The van der Waals surface area contributed by atoms with Gasteiger partial charge in [-0.2, -0.15) is 0 Å². The molecule has 0 aliphatic rings. The number of nitrogens with two attached hydrogens (primary N) is 1. The third kappa shape index (κ3) is 2.71. The molecule has 0 bridgehead atoms. The highest BCUT2D eigenvalue weighted by molar-refractivity contribution is 7.94. The Labute approximate surface area is 108 Å². The van der Waals surface area contributed by atoms with Gasteiger partial charge >= 0.3 is 0 Å². The molecule has 17 heavy (non-hydrogen) atoms. The lowest BCUT2D eigenvalue weighted by Gasteiger charge is -2.07. The van der Waals surface area contributed by atoms with Crippen molar-refractivity contribution in [2.24, 2.45) is 0 Å². The first kappa shape index (κ1) is 12.2. The van der Waals surface area contributed by atoms with Crippen LogP contribution < -0.4 is 10.5 Å². The number of benzene rings is 1. The van der Waals surface area contributed by atoms with Crippen LogP contribution in [0, 0.1) is 0 Å². The van der Waals surface area contributed by atoms with Crippen LogP contribution in [0.25, 0.3) is 0 Å². The standard InChI is InChI=1S/C10H9ClN2O2S2/c11-8-3-1-2-4-9(8)13-17(14,15)10-5-7(12)6-16-10/h1-6,13H,12H2. The van der Waals surface area contributed by atoms with Gasteiger partial charge in [-0.3, -0.25) is 4.72 Å². The first-order valence-corrected chi connectivity index (χ1v) is 7.34. The average molecular weight is 289 g/mol. The molecule has 0 spiro atoms. The van der Waals surface area contributed by atoms with Gasteiger partial charge < -0.3 is 5.73 Å². The van der Waals surface area contributed by atoms with E-state index in [0.29, 0.717) is 16.4 Å². The Morgan fingerprint density at radius 1 is 1.29 bits per heavy atom. The lowest BCUT2D eigenvalue weighted by Crippen LogP contribution is -2.11. The van der Waals surface area contributed by atoms with Crippen LogP contribution in [0.4, 0.5) is 11.4 Å². The van der Waals surface area contributed by atoms with E-state index in [1.165, 1.54) is 6.07 Å². The molecule has 0 fully saturated rings. The number of hydrogen-bond acceptors (Lipinski definition) is 4. The SMILES string of the molecule is Nc1csc(S(=O)(=O)Nc2ccccc2Cl)c1. The molecule has 0 saturated heterocycles. The maximum Gasteiger partial charge on any atom is 0.271 e. The number of para-hydroxylation sites is 1. The van der Waals surface area contributed by atoms with Crippen molar-refractivity contribution >= 4 is 44.3 Å². The van der Waals surface area contributed by atoms with Gasteiger partial charge in [0.05, 0.1) is 10.7 Å². The summed E-state index contributed by atoms with van der Waals surface area (Å²) in [6.45, 7) is 0. The van der Waals surface area contributed by atoms with E-state index < -0.39 is 10.0 Å². The summed E-state index contributed by atoms with van der Waals surface area (Å²) in [6, 6.07) is 8.04. The summed E-state index contributed by atoms with van der Waals surface area (Å²) in [5.41, 5.74) is 6.26. The van der Waals surface area contributed by atoms with Crippen LogP contribution in [0.1, 0.15) is 0 Å². The maximum atomic E-state index is 12.0. The Morgan fingerprint density at radius 3 is 2.59 bits per heavy atom. The molecule has 1 heterocycles. The van der Waals surface area contributed by atoms with Gasteiger partial charge in [0.1, 0.15) is 4.21 Å². The van der Waals surface area contributed by atoms with Crippen molar-refractivity contribution in [3.63, 3.8) is 0 Å². The number of rotatable bonds is 3. The number of nitrogen functional groups attached to an aromatic ring is 1. The number of anilines is 2. The topological polar surface area (TPSA) is 72.2 Å². The molecule has 4 nitrogen and oxygen atoms in total. The van der Waals surface area contributed by atoms with Crippen molar-refractivity contribution in [3.8, 4) is 0 Å². The second-order valence-electron chi connectivity index (χ2n) is 3.28. The molecular weight excluding hydrogens is 280 g/mol. The molecule has 0 saturated carbocycles. The van der Waals surface area contributed by atoms with Gasteiger partial charge in [0, 0.05) is 11.1 Å². The zero-order valence-corrected chi connectivity index (χ0v) is 10.9. The minimum absolute atomic E-state index is 0.162. The third-order valence-corrected chi connectivity index (χ3v) is 5.13. The fourth-order valence-electron chi connectivity index (χ4n) is 1.21. The smallest absolute Gasteiger partial charge is 0.271 e. The summed E-state index contributed by atoms with van der Waals surface area (Å²) in [5.74, 6) is 0. The van der Waals surface area contributed by atoms with Gasteiger partial charge in [0.15, 0.2) is 0 Å². The van der Waals surface area contributed by atoms with Crippen molar-refractivity contribution in [2.45, 2.75) is 4.21 Å². The van der Waals surface area contributed by atoms with Gasteiger partial charge in [0.2, 0.25) is 0 Å². The largest absolute Gasteiger partial charge is 0.398 e. The summed E-state index contributed by atoms with van der Waals surface area (Å²) in [4.78, 5) is 0. The van der Waals surface area contributed by atoms with E-state index in [9.17, 15) is 8.42 Å². The first-order chi connectivity index (χ1) is 7.99. The molecule has 0 amide bonds. The zero-order valence-electron chi connectivity index (χ0n) is 8.55. The number of hydrogen-bond donors (Lipinski definition) is 2. The third-order valence-electron chi connectivity index (χ3n) is 1.98. The van der Waals surface area contributed by atoms with Gasteiger partial charge in [-0.1, -0.05) is 23.7 Å². The Hall–Kier alpha value is -1.24. The maximum absolute atomic E-state index is 12.0. The molecule has 0 aliphatic heterocycles. The monoisotopic (exact) mass is 288 g/mol. The van der Waals surface area contributed by atoms with Crippen LogP contribution in [-0.4, -0.2) is 8.42 Å². The van der Waals surface area contributed by atoms with Crippen molar-refractivity contribution < 1.29 is 8.42 Å². The Bertz CT molecular complexity index is 637. The second kappa shape index (κ2) is 4.56. The van der Waals surface area contributed by atoms with Gasteiger partial charge in [-0.05, 0) is 18.2 Å². The minimum Gasteiger partial charge on any atom is -0.398 e. The van der Waals surface area contributed by atoms with Crippen molar-refractivity contribution in [2.75, 3.05) is 10.5 Å². The molecule has 0 atom stereocenters. The van der Waals surface area contributed by atoms with Crippen LogP contribution in [-0.2, 0) is 10.0 Å². The first-order valence-electron chi connectivity index (χ1n) is 4.60. The van der Waals surface area contributed by atoms with Gasteiger partial charge in [-0.15, -0.1) is 11.3 Å². The van der Waals surface area contributed by atoms with E-state index in [1.807, 2.05) is 0 Å². The van der Waals surface area contributed by atoms with E-state index >= 15 is 0 Å². The second-order valence-corrected chi connectivity index (χ2v) is 6.51. The number of nitrogens with one attached hydrogen (secondary N) is 1. The van der Waals surface area contributed by atoms with Crippen LogP contribution in [0.15, 0.2) is 39.9 Å². The van der Waals surface area contributed by atoms with Crippen molar-refractivity contribution in [1.29, 1.82) is 0 Å². The van der Waals surface area contributed by atoms with E-state index in [0.717, 1.165) is 11.3 Å². The molecule has 3 N–H and O–H groups in total. The summed E-state index contributed by atoms with van der Waals surface area (Å²) in [6.07, 6.45) is 0. The van der Waals surface area contributed by atoms with Gasteiger partial charge in [0.25, 0.3) is 10.0 Å². The fourth-order valence-corrected chi connectivity index (χ4v) is 3.61. The Kier molecular flexibility index (Phi) is 3.28. The van der Waals surface area contributed by atoms with Crippen LogP contribution in [0.3, 0.4) is 0 Å². The highest BCUT2D eigenvalue weighted by atomic mass is 35.5. The van der Waals surface area contributed by atoms with E-state index in [-0.39, 0.29) is 4.21 Å². The lowest BCUT2D eigenvalue weighted by molar-refractivity contribution is 0.603. The summed E-state index contributed by atoms with van der Waals surface area (Å²) in [7, 11) is -3.61. The average Bonchev–Trinajstić information content (AvgIpc) is 2.69. The summed E-state index contributed by atoms with van der Waals surface area (Å²) in [5, 5.41) is 1.92. The molecule has 7 heteroatoms. The van der Waals surface area contributed by atoms with E-state index in [4.69, 9.17) is 17.3 Å². The van der Waals surface area contributed by atoms with Crippen LogP contribution >= 0.6 is 22.9 Å². The molecule has 0 unspecified atom stereocenters. The molecule has 1 aromatic carbocycles. The Balaban J connectivity index is 2.33. The molecule has 1 aromatic heterocycles. The minimum atomic E-state index is -3.61. The number of sulfonamides is 1. The molecule has 2 rings (SSSR count). The molecule has 90 valence electrons. The van der Waals surface area contributed by atoms with Crippen molar-refractivity contribution in [3.05, 3.63) is 40.7 Å². The predicted octanol–water partition coefficient (Wildman–Crippen LogP) is 2.78. The highest BCUT2D eigenvalue weighted by Crippen LogP contribution is 2.27. The van der Waals surface area contributed by atoms with E-state index in [2.05, 4.69) is 4.72 Å².